The molecule has 3 N–H and O–H groups in total. The lowest BCUT2D eigenvalue weighted by atomic mass is 10.1. The number of rotatable bonds is 10. The van der Waals surface area contributed by atoms with Gasteiger partial charge < -0.3 is 20.9 Å². The molecule has 1 aromatic carbocycles. The van der Waals surface area contributed by atoms with Crippen LogP contribution in [0.2, 0.25) is 0 Å². The smallest absolute Gasteiger partial charge is 0.255 e. The highest BCUT2D eigenvalue weighted by molar-refractivity contribution is 6.02. The summed E-state index contributed by atoms with van der Waals surface area (Å²) in [5.41, 5.74) is 2.31. The van der Waals surface area contributed by atoms with E-state index in [9.17, 15) is 14.0 Å². The van der Waals surface area contributed by atoms with Crippen LogP contribution in [0.4, 0.5) is 15.9 Å². The third-order valence-corrected chi connectivity index (χ3v) is 6.28. The first-order valence-corrected chi connectivity index (χ1v) is 13.0. The second-order valence-corrected chi connectivity index (χ2v) is 9.08. The first-order valence-electron chi connectivity index (χ1n) is 13.0. The fourth-order valence-corrected chi connectivity index (χ4v) is 4.31. The zero-order chi connectivity index (χ0) is 26.7. The number of hydrogen-bond donors (Lipinski definition) is 3. The van der Waals surface area contributed by atoms with Crippen LogP contribution in [0, 0.1) is 5.82 Å². The van der Waals surface area contributed by atoms with Crippen molar-refractivity contribution in [3.8, 4) is 11.3 Å². The van der Waals surface area contributed by atoms with Crippen LogP contribution < -0.4 is 16.0 Å². The number of carbonyl (C=O) groups excluding carboxylic acids is 2. The fraction of sp³-hybridized carbons (Fsp3) is 0.310. The minimum atomic E-state index is -0.586. The number of hydrogen-bond acceptors (Lipinski definition) is 6. The van der Waals surface area contributed by atoms with Crippen molar-refractivity contribution in [3.63, 3.8) is 0 Å². The topological polar surface area (TPSA) is 99.2 Å². The first kappa shape index (κ1) is 26.9. The molecule has 2 amide bonds. The number of nitrogens with zero attached hydrogens (tertiary/aromatic N) is 3. The standard InChI is InChI=1S/C29H33FN6O2/c1-2-32-28-23(29(38)33-15-18-36-16-4-3-5-17-36)10-12-25(35-28)22-9-11-26(24(30)19-22)34-27(37)13-8-21-7-6-14-31-20-21/h6-14,19-20H,2-5,15-18H2,1H3,(H,32,35)(H,33,38)(H,34,37). The molecule has 4 rings (SSSR count). The normalized spacial score (nSPS) is 13.8. The summed E-state index contributed by atoms with van der Waals surface area (Å²) >= 11 is 0. The highest BCUT2D eigenvalue weighted by atomic mass is 19.1. The van der Waals surface area contributed by atoms with Gasteiger partial charge in [-0.15, -0.1) is 0 Å². The zero-order valence-corrected chi connectivity index (χ0v) is 21.5. The van der Waals surface area contributed by atoms with Crippen molar-refractivity contribution < 1.29 is 14.0 Å². The number of benzene rings is 1. The van der Waals surface area contributed by atoms with Crippen LogP contribution in [0.3, 0.4) is 0 Å². The number of halogens is 1. The average Bonchev–Trinajstić information content (AvgIpc) is 2.94. The van der Waals surface area contributed by atoms with Gasteiger partial charge in [0.2, 0.25) is 5.91 Å². The molecule has 1 fully saturated rings. The van der Waals surface area contributed by atoms with Gasteiger partial charge in [0.1, 0.15) is 11.6 Å². The number of anilines is 2. The molecule has 3 aromatic rings. The van der Waals surface area contributed by atoms with E-state index in [0.717, 1.165) is 25.2 Å². The molecule has 0 saturated carbocycles. The molecule has 198 valence electrons. The molecule has 0 radical (unpaired) electrons. The summed E-state index contributed by atoms with van der Waals surface area (Å²) < 4.78 is 14.8. The second-order valence-electron chi connectivity index (χ2n) is 9.08. The molecule has 9 heteroatoms. The summed E-state index contributed by atoms with van der Waals surface area (Å²) in [5.74, 6) is -0.792. The summed E-state index contributed by atoms with van der Waals surface area (Å²) in [6.45, 7) is 6.06. The molecular weight excluding hydrogens is 483 g/mol. The Morgan fingerprint density at radius 2 is 1.95 bits per heavy atom. The van der Waals surface area contributed by atoms with Gasteiger partial charge in [0.15, 0.2) is 0 Å². The predicted molar refractivity (Wildman–Crippen MR) is 148 cm³/mol. The Bertz CT molecular complexity index is 1280. The van der Waals surface area contributed by atoms with Gasteiger partial charge in [-0.05, 0) is 74.8 Å². The van der Waals surface area contributed by atoms with E-state index in [4.69, 9.17) is 0 Å². The minimum Gasteiger partial charge on any atom is -0.370 e. The molecule has 8 nitrogen and oxygen atoms in total. The molecule has 0 unspecified atom stereocenters. The van der Waals surface area contributed by atoms with Crippen molar-refractivity contribution in [1.82, 2.24) is 20.2 Å². The Hall–Kier alpha value is -4.11. The van der Waals surface area contributed by atoms with Gasteiger partial charge >= 0.3 is 0 Å². The Balaban J connectivity index is 1.41. The number of aromatic nitrogens is 2. The highest BCUT2D eigenvalue weighted by Crippen LogP contribution is 2.26. The van der Waals surface area contributed by atoms with E-state index < -0.39 is 11.7 Å². The highest BCUT2D eigenvalue weighted by Gasteiger charge is 2.16. The average molecular weight is 517 g/mol. The Morgan fingerprint density at radius 1 is 1.11 bits per heavy atom. The summed E-state index contributed by atoms with van der Waals surface area (Å²) in [7, 11) is 0. The molecule has 0 spiro atoms. The lowest BCUT2D eigenvalue weighted by molar-refractivity contribution is -0.111. The van der Waals surface area contributed by atoms with Gasteiger partial charge in [0.25, 0.3) is 5.91 Å². The SMILES string of the molecule is CCNc1nc(-c2ccc(NC(=O)C=Cc3cccnc3)c(F)c2)ccc1C(=O)NCCN1CCCCC1. The van der Waals surface area contributed by atoms with Crippen molar-refractivity contribution in [3.05, 3.63) is 77.9 Å². The Kier molecular flexibility index (Phi) is 9.53. The molecule has 3 heterocycles. The van der Waals surface area contributed by atoms with Crippen molar-refractivity contribution in [2.75, 3.05) is 43.4 Å². The zero-order valence-electron chi connectivity index (χ0n) is 21.5. The summed E-state index contributed by atoms with van der Waals surface area (Å²) in [6.07, 6.45) is 9.89. The molecule has 0 bridgehead atoms. The van der Waals surface area contributed by atoms with Crippen molar-refractivity contribution in [2.45, 2.75) is 26.2 Å². The van der Waals surface area contributed by atoms with E-state index >= 15 is 0 Å². The quantitative estimate of drug-likeness (QED) is 0.341. The summed E-state index contributed by atoms with van der Waals surface area (Å²) in [6, 6.07) is 11.5. The molecular formula is C29H33FN6O2. The van der Waals surface area contributed by atoms with E-state index in [-0.39, 0.29) is 11.6 Å². The maximum Gasteiger partial charge on any atom is 0.255 e. The monoisotopic (exact) mass is 516 g/mol. The molecule has 1 aliphatic heterocycles. The van der Waals surface area contributed by atoms with Crippen LogP contribution in [0.5, 0.6) is 0 Å². The van der Waals surface area contributed by atoms with E-state index in [0.29, 0.717) is 35.7 Å². The lowest BCUT2D eigenvalue weighted by Crippen LogP contribution is -2.37. The van der Waals surface area contributed by atoms with Crippen molar-refractivity contribution in [2.24, 2.45) is 0 Å². The largest absolute Gasteiger partial charge is 0.370 e. The van der Waals surface area contributed by atoms with Gasteiger partial charge in [-0.3, -0.25) is 14.6 Å². The Labute approximate surface area is 222 Å². The summed E-state index contributed by atoms with van der Waals surface area (Å²) in [4.78, 5) is 36.0. The van der Waals surface area contributed by atoms with E-state index in [1.807, 2.05) is 13.0 Å². The van der Waals surface area contributed by atoms with Gasteiger partial charge in [0, 0.05) is 43.7 Å². The molecule has 1 saturated heterocycles. The lowest BCUT2D eigenvalue weighted by Gasteiger charge is -2.26. The maximum atomic E-state index is 14.8. The third-order valence-electron chi connectivity index (χ3n) is 6.28. The molecule has 0 aliphatic carbocycles. The molecule has 0 atom stereocenters. The molecule has 1 aliphatic rings. The second kappa shape index (κ2) is 13.4. The van der Waals surface area contributed by atoms with Gasteiger partial charge in [0.05, 0.1) is 16.9 Å². The van der Waals surface area contributed by atoms with Crippen LogP contribution in [-0.4, -0.2) is 59.4 Å². The van der Waals surface area contributed by atoms with Crippen LogP contribution in [0.25, 0.3) is 17.3 Å². The van der Waals surface area contributed by atoms with E-state index in [1.54, 1.807) is 42.7 Å². The van der Waals surface area contributed by atoms with Crippen molar-refractivity contribution >= 4 is 29.4 Å². The molecule has 38 heavy (non-hydrogen) atoms. The van der Waals surface area contributed by atoms with Gasteiger partial charge in [-0.2, -0.15) is 0 Å². The number of likely N-dealkylation sites (tertiary alicyclic amines) is 1. The Morgan fingerprint density at radius 3 is 2.68 bits per heavy atom. The number of amides is 2. The first-order chi connectivity index (χ1) is 18.5. The maximum absolute atomic E-state index is 14.8. The number of nitrogens with one attached hydrogen (secondary N) is 3. The predicted octanol–water partition coefficient (Wildman–Crippen LogP) is 4.58. The van der Waals surface area contributed by atoms with Crippen molar-refractivity contribution in [1.29, 1.82) is 0 Å². The number of carbonyl (C=O) groups is 2. The van der Waals surface area contributed by atoms with E-state index in [2.05, 4.69) is 30.8 Å². The van der Waals surface area contributed by atoms with Crippen LogP contribution >= 0.6 is 0 Å². The fourth-order valence-electron chi connectivity index (χ4n) is 4.31. The van der Waals surface area contributed by atoms with Crippen LogP contribution in [-0.2, 0) is 4.79 Å². The molecule has 2 aromatic heterocycles. The van der Waals surface area contributed by atoms with E-state index in [1.165, 1.54) is 37.5 Å². The minimum absolute atomic E-state index is 0.0613. The van der Waals surface area contributed by atoms with Crippen LogP contribution in [0.15, 0.2) is 60.9 Å². The van der Waals surface area contributed by atoms with Crippen LogP contribution in [0.1, 0.15) is 42.1 Å². The number of piperidine rings is 1. The van der Waals surface area contributed by atoms with Gasteiger partial charge in [-0.25, -0.2) is 9.37 Å². The number of pyridine rings is 2. The summed E-state index contributed by atoms with van der Waals surface area (Å²) in [5, 5.41) is 8.68. The third kappa shape index (κ3) is 7.45. The van der Waals surface area contributed by atoms with Gasteiger partial charge in [-0.1, -0.05) is 18.6 Å².